The van der Waals surface area contributed by atoms with E-state index in [4.69, 9.17) is 25.5 Å². The summed E-state index contributed by atoms with van der Waals surface area (Å²) in [7, 11) is 2.12. The van der Waals surface area contributed by atoms with Gasteiger partial charge in [-0.25, -0.2) is 4.79 Å². The van der Waals surface area contributed by atoms with Gasteiger partial charge in [-0.15, -0.1) is 12.4 Å². The van der Waals surface area contributed by atoms with Crippen LogP contribution in [0.1, 0.15) is 5.56 Å². The molecule has 1 aromatic heterocycles. The largest absolute Gasteiger partial charge is 0.504 e. The number of nitrogens with one attached hydrogen (secondary N) is 1. The third-order valence-electron chi connectivity index (χ3n) is 5.08. The number of aromatic hydroxyl groups is 2. The lowest BCUT2D eigenvalue weighted by Crippen LogP contribution is -2.44. The molecule has 0 spiro atoms. The van der Waals surface area contributed by atoms with Crippen molar-refractivity contribution in [3.05, 3.63) is 52.5 Å². The summed E-state index contributed by atoms with van der Waals surface area (Å²) in [5.74, 6) is -2.00. The SMILES string of the molecule is CN1CCN(c2cccc3[nH]c(=O)oc23)CC1.Cl.N[C@@H](Cc1ccc(O)c(O)c1)C(=O)O. The molecule has 0 bridgehead atoms. The van der Waals surface area contributed by atoms with Gasteiger partial charge in [-0.1, -0.05) is 12.1 Å². The summed E-state index contributed by atoms with van der Waals surface area (Å²) in [6.45, 7) is 3.99. The van der Waals surface area contributed by atoms with Crippen LogP contribution in [0.4, 0.5) is 5.69 Å². The summed E-state index contributed by atoms with van der Waals surface area (Å²) in [5.41, 5.74) is 8.30. The second-order valence-electron chi connectivity index (χ2n) is 7.43. The number of aromatic nitrogens is 1. The van der Waals surface area contributed by atoms with Crippen molar-refractivity contribution in [2.24, 2.45) is 5.73 Å². The van der Waals surface area contributed by atoms with E-state index in [0.717, 1.165) is 37.4 Å². The van der Waals surface area contributed by atoms with Gasteiger partial charge in [0.05, 0.1) is 11.2 Å². The molecule has 1 saturated heterocycles. The van der Waals surface area contributed by atoms with E-state index in [0.29, 0.717) is 11.1 Å². The fourth-order valence-electron chi connectivity index (χ4n) is 3.29. The highest BCUT2D eigenvalue weighted by Gasteiger charge is 2.18. The molecule has 0 aliphatic carbocycles. The van der Waals surface area contributed by atoms with Crippen LogP contribution in [-0.4, -0.2) is 70.4 Å². The molecule has 1 aliphatic rings. The lowest BCUT2D eigenvalue weighted by atomic mass is 10.1. The van der Waals surface area contributed by atoms with Crippen molar-refractivity contribution in [3.63, 3.8) is 0 Å². The maximum Gasteiger partial charge on any atom is 0.417 e. The number of hydrogen-bond donors (Lipinski definition) is 5. The fraction of sp³-hybridized carbons (Fsp3) is 0.333. The zero-order chi connectivity index (χ0) is 22.5. The maximum atomic E-state index is 11.2. The number of piperazine rings is 1. The van der Waals surface area contributed by atoms with Crippen LogP contribution in [0.2, 0.25) is 0 Å². The van der Waals surface area contributed by atoms with Crippen LogP contribution in [0.15, 0.2) is 45.6 Å². The molecule has 1 aliphatic heterocycles. The Kier molecular flexibility index (Phi) is 8.53. The van der Waals surface area contributed by atoms with Gasteiger partial charge in [0.15, 0.2) is 17.1 Å². The van der Waals surface area contributed by atoms with E-state index in [9.17, 15) is 9.59 Å². The summed E-state index contributed by atoms with van der Waals surface area (Å²) >= 11 is 0. The van der Waals surface area contributed by atoms with Crippen LogP contribution >= 0.6 is 12.4 Å². The number of oxazole rings is 1. The number of benzene rings is 2. The first kappa shape index (κ1) is 25.1. The second kappa shape index (κ2) is 10.9. The summed E-state index contributed by atoms with van der Waals surface area (Å²) in [5, 5.41) is 26.6. The molecule has 1 fully saturated rings. The third-order valence-corrected chi connectivity index (χ3v) is 5.08. The molecule has 6 N–H and O–H groups in total. The lowest BCUT2D eigenvalue weighted by molar-refractivity contribution is -0.138. The number of para-hydroxylation sites is 1. The number of rotatable bonds is 4. The second-order valence-corrected chi connectivity index (χ2v) is 7.43. The van der Waals surface area contributed by atoms with Gasteiger partial charge in [0.1, 0.15) is 6.04 Å². The topological polar surface area (TPSA) is 156 Å². The van der Waals surface area contributed by atoms with E-state index >= 15 is 0 Å². The van der Waals surface area contributed by atoms with Gasteiger partial charge in [0, 0.05) is 26.2 Å². The number of halogens is 1. The highest BCUT2D eigenvalue weighted by molar-refractivity contribution is 5.86. The Labute approximate surface area is 190 Å². The number of phenolic OH excluding ortho intramolecular Hbond substituents is 2. The highest BCUT2D eigenvalue weighted by atomic mass is 35.5. The van der Waals surface area contributed by atoms with E-state index in [1.54, 1.807) is 0 Å². The van der Waals surface area contributed by atoms with Crippen LogP contribution in [0.3, 0.4) is 0 Å². The number of hydrogen-bond acceptors (Lipinski definition) is 8. The zero-order valence-electron chi connectivity index (χ0n) is 17.5. The number of carboxylic acid groups (broad SMARTS) is 1. The van der Waals surface area contributed by atoms with Crippen molar-refractivity contribution in [3.8, 4) is 11.5 Å². The molecule has 1 atom stereocenters. The van der Waals surface area contributed by atoms with Crippen molar-refractivity contribution in [2.45, 2.75) is 12.5 Å². The number of aromatic amines is 1. The smallest absolute Gasteiger partial charge is 0.417 e. The maximum absolute atomic E-state index is 11.2. The molecule has 0 amide bonds. The van der Waals surface area contributed by atoms with Gasteiger partial charge in [-0.05, 0) is 43.3 Å². The number of H-pyrrole nitrogens is 1. The first-order chi connectivity index (χ1) is 14.7. The molecule has 32 heavy (non-hydrogen) atoms. The fourth-order valence-corrected chi connectivity index (χ4v) is 3.29. The molecule has 0 radical (unpaired) electrons. The Morgan fingerprint density at radius 1 is 1.16 bits per heavy atom. The number of likely N-dealkylation sites (N-methyl/N-ethyl adjacent to an activating group) is 1. The average molecular weight is 467 g/mol. The summed E-state index contributed by atoms with van der Waals surface area (Å²) in [6, 6.07) is 8.90. The first-order valence-corrected chi connectivity index (χ1v) is 9.79. The molecule has 4 rings (SSSR count). The number of phenols is 2. The number of nitrogens with two attached hydrogens (primary N) is 1. The molecular weight excluding hydrogens is 440 g/mol. The Bertz CT molecular complexity index is 1110. The Hall–Kier alpha value is -3.21. The molecule has 2 heterocycles. The van der Waals surface area contributed by atoms with E-state index < -0.39 is 12.0 Å². The molecule has 3 aromatic rings. The standard InChI is InChI=1S/C12H15N3O2.C9H11NO4.ClH/c1-14-5-7-15(8-6-14)10-4-2-3-9-11(10)17-12(16)13-9;10-6(9(13)14)3-5-1-2-7(11)8(12)4-5;/h2-4H,5-8H2,1H3,(H,13,16);1-2,4,6,11-12H,3,10H2,(H,13,14);1H/t;6-;/m.0./s1. The van der Waals surface area contributed by atoms with E-state index in [1.807, 2.05) is 18.2 Å². The summed E-state index contributed by atoms with van der Waals surface area (Å²) in [6.07, 6.45) is 0.114. The van der Waals surface area contributed by atoms with Gasteiger partial charge >= 0.3 is 11.7 Å². The van der Waals surface area contributed by atoms with Crippen molar-refractivity contribution >= 4 is 35.2 Å². The van der Waals surface area contributed by atoms with Crippen molar-refractivity contribution in [1.82, 2.24) is 9.88 Å². The third kappa shape index (κ3) is 6.16. The van der Waals surface area contributed by atoms with E-state index in [-0.39, 0.29) is 36.1 Å². The highest BCUT2D eigenvalue weighted by Crippen LogP contribution is 2.26. The van der Waals surface area contributed by atoms with Gasteiger partial charge in [-0.2, -0.15) is 0 Å². The Balaban J connectivity index is 0.000000225. The Morgan fingerprint density at radius 2 is 1.84 bits per heavy atom. The van der Waals surface area contributed by atoms with Crippen molar-refractivity contribution in [1.29, 1.82) is 0 Å². The molecule has 10 nitrogen and oxygen atoms in total. The summed E-state index contributed by atoms with van der Waals surface area (Å²) in [4.78, 5) is 28.9. The molecule has 0 unspecified atom stereocenters. The van der Waals surface area contributed by atoms with Crippen molar-refractivity contribution in [2.75, 3.05) is 38.1 Å². The quantitative estimate of drug-likeness (QED) is 0.358. The predicted octanol–water partition coefficient (Wildman–Crippen LogP) is 1.35. The van der Waals surface area contributed by atoms with Gasteiger partial charge in [0.25, 0.3) is 0 Å². The van der Waals surface area contributed by atoms with Crippen LogP contribution in [0.5, 0.6) is 11.5 Å². The molecule has 174 valence electrons. The van der Waals surface area contributed by atoms with Gasteiger partial charge < -0.3 is 35.3 Å². The van der Waals surface area contributed by atoms with Gasteiger partial charge in [-0.3, -0.25) is 9.78 Å². The van der Waals surface area contributed by atoms with Crippen LogP contribution < -0.4 is 16.4 Å². The number of fused-ring (bicyclic) bond motifs is 1. The number of aliphatic carboxylic acids is 1. The minimum absolute atomic E-state index is 0. The van der Waals surface area contributed by atoms with E-state index in [2.05, 4.69) is 21.8 Å². The predicted molar refractivity (Wildman–Crippen MR) is 123 cm³/mol. The first-order valence-electron chi connectivity index (χ1n) is 9.79. The Morgan fingerprint density at radius 3 is 2.47 bits per heavy atom. The molecule has 0 saturated carbocycles. The monoisotopic (exact) mass is 466 g/mol. The number of nitrogens with zero attached hydrogens (tertiary/aromatic N) is 2. The van der Waals surface area contributed by atoms with Crippen LogP contribution in [-0.2, 0) is 11.2 Å². The van der Waals surface area contributed by atoms with Gasteiger partial charge in [0.2, 0.25) is 0 Å². The molecule has 2 aromatic carbocycles. The van der Waals surface area contributed by atoms with E-state index in [1.165, 1.54) is 18.2 Å². The summed E-state index contributed by atoms with van der Waals surface area (Å²) < 4.78 is 5.21. The number of carboxylic acids is 1. The number of anilines is 1. The van der Waals surface area contributed by atoms with Crippen LogP contribution in [0, 0.1) is 0 Å². The number of carbonyl (C=O) groups is 1. The minimum Gasteiger partial charge on any atom is -0.504 e. The molecular formula is C21H27ClN4O6. The normalized spacial score (nSPS) is 14.9. The average Bonchev–Trinajstić information content (AvgIpc) is 3.12. The lowest BCUT2D eigenvalue weighted by Gasteiger charge is -2.33. The van der Waals surface area contributed by atoms with Crippen LogP contribution in [0.25, 0.3) is 11.1 Å². The molecule has 11 heteroatoms. The van der Waals surface area contributed by atoms with Crippen molar-refractivity contribution < 1.29 is 24.5 Å². The minimum atomic E-state index is -1.10. The zero-order valence-corrected chi connectivity index (χ0v) is 18.3.